The van der Waals surface area contributed by atoms with Gasteiger partial charge in [-0.05, 0) is 11.1 Å². The van der Waals surface area contributed by atoms with Crippen LogP contribution in [0.5, 0.6) is 0 Å². The van der Waals surface area contributed by atoms with Crippen LogP contribution in [0, 0.1) is 0 Å². The van der Waals surface area contributed by atoms with Gasteiger partial charge in [0.05, 0.1) is 6.54 Å². The summed E-state index contributed by atoms with van der Waals surface area (Å²) in [6.07, 6.45) is 1.48. The molecule has 0 atom stereocenters. The Morgan fingerprint density at radius 3 is 2.67 bits per heavy atom. The Kier molecular flexibility index (Phi) is 2.64. The van der Waals surface area contributed by atoms with Gasteiger partial charge in [0.15, 0.2) is 0 Å². The molecule has 2 aromatic rings. The third-order valence-electron chi connectivity index (χ3n) is 2.30. The molecule has 0 unspecified atom stereocenters. The molecule has 3 N–H and O–H groups in total. The second-order valence-corrected chi connectivity index (χ2v) is 3.26. The SMILES string of the molecule is NCc1ccccc1Cn1cn[nH]c1=O. The van der Waals surface area contributed by atoms with E-state index < -0.39 is 0 Å². The van der Waals surface area contributed by atoms with Crippen molar-refractivity contribution in [1.29, 1.82) is 0 Å². The lowest BCUT2D eigenvalue weighted by molar-refractivity contribution is 0.752. The van der Waals surface area contributed by atoms with Crippen molar-refractivity contribution in [2.75, 3.05) is 0 Å². The topological polar surface area (TPSA) is 76.7 Å². The van der Waals surface area contributed by atoms with Crippen molar-refractivity contribution in [3.05, 3.63) is 52.2 Å². The maximum Gasteiger partial charge on any atom is 0.343 e. The summed E-state index contributed by atoms with van der Waals surface area (Å²) in [5, 5.41) is 6.02. The van der Waals surface area contributed by atoms with Crippen molar-refractivity contribution in [2.24, 2.45) is 5.73 Å². The van der Waals surface area contributed by atoms with E-state index in [9.17, 15) is 4.79 Å². The van der Waals surface area contributed by atoms with Crippen LogP contribution in [-0.4, -0.2) is 14.8 Å². The molecule has 0 aliphatic rings. The minimum absolute atomic E-state index is 0.207. The van der Waals surface area contributed by atoms with Gasteiger partial charge in [0.2, 0.25) is 0 Å². The van der Waals surface area contributed by atoms with E-state index in [2.05, 4.69) is 10.2 Å². The fraction of sp³-hybridized carbons (Fsp3) is 0.200. The molecule has 0 spiro atoms. The molecule has 0 aliphatic heterocycles. The quantitative estimate of drug-likeness (QED) is 0.743. The maximum atomic E-state index is 11.2. The Balaban J connectivity index is 2.32. The molecule has 0 radical (unpaired) electrons. The van der Waals surface area contributed by atoms with Crippen LogP contribution in [-0.2, 0) is 13.1 Å². The Hall–Kier alpha value is -1.88. The van der Waals surface area contributed by atoms with Gasteiger partial charge in [-0.2, -0.15) is 5.10 Å². The predicted octanol–water partition coefficient (Wildman–Crippen LogP) is 0.0784. The highest BCUT2D eigenvalue weighted by Crippen LogP contribution is 2.08. The van der Waals surface area contributed by atoms with Crippen molar-refractivity contribution in [3.8, 4) is 0 Å². The number of H-pyrrole nitrogens is 1. The summed E-state index contributed by atoms with van der Waals surface area (Å²) in [5.41, 5.74) is 7.49. The van der Waals surface area contributed by atoms with Crippen LogP contribution in [0.25, 0.3) is 0 Å². The zero-order valence-corrected chi connectivity index (χ0v) is 8.18. The fourth-order valence-electron chi connectivity index (χ4n) is 1.48. The molecule has 0 amide bonds. The monoisotopic (exact) mass is 204 g/mol. The van der Waals surface area contributed by atoms with E-state index in [1.54, 1.807) is 0 Å². The molecule has 78 valence electrons. The van der Waals surface area contributed by atoms with Crippen LogP contribution < -0.4 is 11.4 Å². The highest BCUT2D eigenvalue weighted by molar-refractivity contribution is 5.26. The summed E-state index contributed by atoms with van der Waals surface area (Å²) < 4.78 is 1.51. The maximum absolute atomic E-state index is 11.2. The van der Waals surface area contributed by atoms with Crippen molar-refractivity contribution < 1.29 is 0 Å². The van der Waals surface area contributed by atoms with Crippen LogP contribution >= 0.6 is 0 Å². The lowest BCUT2D eigenvalue weighted by Gasteiger charge is -2.06. The lowest BCUT2D eigenvalue weighted by atomic mass is 10.1. The van der Waals surface area contributed by atoms with Gasteiger partial charge in [0.25, 0.3) is 0 Å². The van der Waals surface area contributed by atoms with E-state index in [4.69, 9.17) is 5.73 Å². The first-order valence-corrected chi connectivity index (χ1v) is 4.68. The lowest BCUT2D eigenvalue weighted by Crippen LogP contribution is -2.18. The number of benzene rings is 1. The molecule has 0 aliphatic carbocycles. The van der Waals surface area contributed by atoms with Crippen LogP contribution in [0.3, 0.4) is 0 Å². The summed E-state index contributed by atoms with van der Waals surface area (Å²) in [6.45, 7) is 0.978. The summed E-state index contributed by atoms with van der Waals surface area (Å²) in [4.78, 5) is 11.2. The molecule has 0 saturated heterocycles. The van der Waals surface area contributed by atoms with Gasteiger partial charge in [-0.1, -0.05) is 24.3 Å². The highest BCUT2D eigenvalue weighted by atomic mass is 16.1. The number of hydrogen-bond acceptors (Lipinski definition) is 3. The van der Waals surface area contributed by atoms with Crippen molar-refractivity contribution in [1.82, 2.24) is 14.8 Å². The first-order chi connectivity index (χ1) is 7.31. The van der Waals surface area contributed by atoms with E-state index in [1.807, 2.05) is 24.3 Å². The first kappa shape index (κ1) is 9.67. The molecule has 5 nitrogen and oxygen atoms in total. The zero-order valence-electron chi connectivity index (χ0n) is 8.18. The van der Waals surface area contributed by atoms with Crippen LogP contribution in [0.15, 0.2) is 35.4 Å². The van der Waals surface area contributed by atoms with E-state index in [-0.39, 0.29) is 5.69 Å². The number of rotatable bonds is 3. The molecule has 0 saturated carbocycles. The zero-order chi connectivity index (χ0) is 10.7. The number of nitrogens with two attached hydrogens (primary N) is 1. The summed E-state index contributed by atoms with van der Waals surface area (Å²) >= 11 is 0. The van der Waals surface area contributed by atoms with Gasteiger partial charge >= 0.3 is 5.69 Å². The predicted molar refractivity (Wildman–Crippen MR) is 56.3 cm³/mol. The van der Waals surface area contributed by atoms with Crippen LogP contribution in [0.1, 0.15) is 11.1 Å². The third kappa shape index (κ3) is 1.97. The molecule has 1 heterocycles. The average Bonchev–Trinajstić information content (AvgIpc) is 2.65. The average molecular weight is 204 g/mol. The highest BCUT2D eigenvalue weighted by Gasteiger charge is 2.02. The minimum atomic E-state index is -0.207. The minimum Gasteiger partial charge on any atom is -0.326 e. The van der Waals surface area contributed by atoms with E-state index in [0.29, 0.717) is 13.1 Å². The van der Waals surface area contributed by atoms with Gasteiger partial charge in [0.1, 0.15) is 6.33 Å². The fourth-order valence-corrected chi connectivity index (χ4v) is 1.48. The number of aromatic amines is 1. The third-order valence-corrected chi connectivity index (χ3v) is 2.30. The molecule has 0 fully saturated rings. The Bertz CT molecular complexity index is 500. The van der Waals surface area contributed by atoms with Gasteiger partial charge in [-0.15, -0.1) is 0 Å². The Labute approximate surface area is 86.5 Å². The molecule has 5 heteroatoms. The van der Waals surface area contributed by atoms with Gasteiger partial charge in [-0.3, -0.25) is 4.57 Å². The number of hydrogen-bond donors (Lipinski definition) is 2. The molecule has 1 aromatic heterocycles. The molecule has 1 aromatic carbocycles. The smallest absolute Gasteiger partial charge is 0.326 e. The Morgan fingerprint density at radius 2 is 2.07 bits per heavy atom. The largest absolute Gasteiger partial charge is 0.343 e. The first-order valence-electron chi connectivity index (χ1n) is 4.68. The van der Waals surface area contributed by atoms with Crippen molar-refractivity contribution in [2.45, 2.75) is 13.1 Å². The second kappa shape index (κ2) is 4.10. The number of nitrogens with one attached hydrogen (secondary N) is 1. The standard InChI is InChI=1S/C10H12N4O/c11-5-8-3-1-2-4-9(8)6-14-7-12-13-10(14)15/h1-4,7H,5-6,11H2,(H,13,15). The molecule has 0 bridgehead atoms. The molecular weight excluding hydrogens is 192 g/mol. The van der Waals surface area contributed by atoms with Crippen LogP contribution in [0.2, 0.25) is 0 Å². The van der Waals surface area contributed by atoms with Gasteiger partial charge in [0, 0.05) is 6.54 Å². The van der Waals surface area contributed by atoms with Gasteiger partial charge in [-0.25, -0.2) is 9.89 Å². The summed E-state index contributed by atoms with van der Waals surface area (Å²) in [6, 6.07) is 7.78. The van der Waals surface area contributed by atoms with Gasteiger partial charge < -0.3 is 5.73 Å². The van der Waals surface area contributed by atoms with E-state index >= 15 is 0 Å². The van der Waals surface area contributed by atoms with Crippen molar-refractivity contribution >= 4 is 0 Å². The summed E-state index contributed by atoms with van der Waals surface area (Å²) in [7, 11) is 0. The number of nitrogens with zero attached hydrogens (tertiary/aromatic N) is 2. The normalized spacial score (nSPS) is 10.5. The van der Waals surface area contributed by atoms with Crippen LogP contribution in [0.4, 0.5) is 0 Å². The van der Waals surface area contributed by atoms with E-state index in [0.717, 1.165) is 11.1 Å². The molecule has 15 heavy (non-hydrogen) atoms. The molecule has 2 rings (SSSR count). The summed E-state index contributed by atoms with van der Waals surface area (Å²) in [5.74, 6) is 0. The van der Waals surface area contributed by atoms with E-state index in [1.165, 1.54) is 10.9 Å². The molecular formula is C10H12N4O. The van der Waals surface area contributed by atoms with Crippen molar-refractivity contribution in [3.63, 3.8) is 0 Å². The number of aromatic nitrogens is 3. The second-order valence-electron chi connectivity index (χ2n) is 3.26. The Morgan fingerprint density at radius 1 is 1.33 bits per heavy atom.